The van der Waals surface area contributed by atoms with Crippen LogP contribution in [0.5, 0.6) is 0 Å². The smallest absolute Gasteiger partial charge is 0.175 e. The number of rotatable bonds is 4. The maximum absolute atomic E-state index is 5.37. The highest BCUT2D eigenvalue weighted by Gasteiger charge is 2.03. The lowest BCUT2D eigenvalue weighted by atomic mass is 10.1. The molecule has 0 spiro atoms. The van der Waals surface area contributed by atoms with Gasteiger partial charge in [-0.15, -0.1) is 0 Å². The van der Waals surface area contributed by atoms with Gasteiger partial charge in [0.15, 0.2) is 5.11 Å². The van der Waals surface area contributed by atoms with Crippen LogP contribution in [0, 0.1) is 13.8 Å². The van der Waals surface area contributed by atoms with Crippen LogP contribution in [0.2, 0.25) is 0 Å². The summed E-state index contributed by atoms with van der Waals surface area (Å²) in [6.07, 6.45) is 3.72. The largest absolute Gasteiger partial charge is 0.332 e. The Balaban J connectivity index is 1.59. The molecule has 0 aliphatic rings. The van der Waals surface area contributed by atoms with Gasteiger partial charge in [0.1, 0.15) is 0 Å². The molecule has 1 heterocycles. The lowest BCUT2D eigenvalue weighted by molar-refractivity contribution is 0.687. The van der Waals surface area contributed by atoms with Crippen LogP contribution in [-0.2, 0) is 6.54 Å². The van der Waals surface area contributed by atoms with Crippen LogP contribution in [0.1, 0.15) is 16.7 Å². The minimum absolute atomic E-state index is 0.553. The molecule has 0 unspecified atom stereocenters. The average molecular weight is 336 g/mol. The van der Waals surface area contributed by atoms with E-state index >= 15 is 0 Å². The van der Waals surface area contributed by atoms with Gasteiger partial charge in [-0.1, -0.05) is 36.4 Å². The molecule has 2 aromatic carbocycles. The quantitative estimate of drug-likeness (QED) is 0.695. The van der Waals surface area contributed by atoms with E-state index in [1.807, 2.05) is 35.1 Å². The summed E-state index contributed by atoms with van der Waals surface area (Å²) >= 11 is 5.37. The second-order valence-corrected chi connectivity index (χ2v) is 6.20. The number of thiocarbonyl (C=S) groups is 1. The van der Waals surface area contributed by atoms with Crippen LogP contribution in [0.4, 0.5) is 11.4 Å². The molecule has 0 atom stereocenters. The number of aryl methyl sites for hydroxylation is 2. The molecule has 5 heteroatoms. The van der Waals surface area contributed by atoms with E-state index in [4.69, 9.17) is 12.2 Å². The second-order valence-electron chi connectivity index (χ2n) is 5.79. The maximum Gasteiger partial charge on any atom is 0.175 e. The van der Waals surface area contributed by atoms with Crippen molar-refractivity contribution in [2.45, 2.75) is 20.4 Å². The Kier molecular flexibility index (Phi) is 4.91. The molecule has 0 amide bonds. The Morgan fingerprint density at radius 1 is 1.00 bits per heavy atom. The average Bonchev–Trinajstić information content (AvgIpc) is 2.99. The summed E-state index contributed by atoms with van der Waals surface area (Å²) in [5.74, 6) is 0. The Morgan fingerprint density at radius 2 is 1.75 bits per heavy atom. The number of nitrogens with one attached hydrogen (secondary N) is 2. The number of hydrogen-bond acceptors (Lipinski definition) is 2. The molecule has 0 bridgehead atoms. The van der Waals surface area contributed by atoms with Gasteiger partial charge in [-0.05, 0) is 54.9 Å². The highest BCUT2D eigenvalue weighted by atomic mass is 32.1. The Labute approximate surface area is 147 Å². The standard InChI is InChI=1S/C19H20N4S/c1-14-8-9-17(10-15(14)2)21-19(24)22-18-11-20-23(13-18)12-16-6-4-3-5-7-16/h3-11,13H,12H2,1-2H3,(H2,21,22,24). The molecule has 122 valence electrons. The van der Waals surface area contributed by atoms with E-state index in [2.05, 4.69) is 53.8 Å². The molecule has 0 radical (unpaired) electrons. The molecule has 0 aliphatic heterocycles. The van der Waals surface area contributed by atoms with Crippen molar-refractivity contribution in [1.82, 2.24) is 9.78 Å². The van der Waals surface area contributed by atoms with Crippen molar-refractivity contribution in [3.8, 4) is 0 Å². The summed E-state index contributed by atoms with van der Waals surface area (Å²) in [5.41, 5.74) is 5.56. The molecule has 0 fully saturated rings. The summed E-state index contributed by atoms with van der Waals surface area (Å²) in [6, 6.07) is 16.4. The summed E-state index contributed by atoms with van der Waals surface area (Å²) in [5, 5.41) is 11.3. The zero-order valence-corrected chi connectivity index (χ0v) is 14.6. The molecular weight excluding hydrogens is 316 g/mol. The predicted octanol–water partition coefficient (Wildman–Crippen LogP) is 4.36. The van der Waals surface area contributed by atoms with E-state index in [-0.39, 0.29) is 0 Å². The first-order chi connectivity index (χ1) is 11.6. The topological polar surface area (TPSA) is 41.9 Å². The first-order valence-electron chi connectivity index (χ1n) is 7.82. The van der Waals surface area contributed by atoms with E-state index < -0.39 is 0 Å². The van der Waals surface area contributed by atoms with Crippen LogP contribution < -0.4 is 10.6 Å². The Hall–Kier alpha value is -2.66. The molecule has 0 saturated heterocycles. The molecule has 4 nitrogen and oxygen atoms in total. The van der Waals surface area contributed by atoms with Gasteiger partial charge < -0.3 is 10.6 Å². The Morgan fingerprint density at radius 3 is 2.50 bits per heavy atom. The van der Waals surface area contributed by atoms with Gasteiger partial charge in [-0.2, -0.15) is 5.10 Å². The molecule has 2 N–H and O–H groups in total. The van der Waals surface area contributed by atoms with Gasteiger partial charge >= 0.3 is 0 Å². The van der Waals surface area contributed by atoms with Crippen molar-refractivity contribution in [1.29, 1.82) is 0 Å². The van der Waals surface area contributed by atoms with Crippen LogP contribution >= 0.6 is 12.2 Å². The normalized spacial score (nSPS) is 10.4. The van der Waals surface area contributed by atoms with Crippen LogP contribution in [-0.4, -0.2) is 14.9 Å². The number of anilines is 2. The van der Waals surface area contributed by atoms with Gasteiger partial charge in [-0.3, -0.25) is 4.68 Å². The summed E-state index contributed by atoms with van der Waals surface area (Å²) < 4.78 is 1.89. The number of aromatic nitrogens is 2. The van der Waals surface area contributed by atoms with Crippen molar-refractivity contribution in [2.24, 2.45) is 0 Å². The molecule has 0 aliphatic carbocycles. The first-order valence-corrected chi connectivity index (χ1v) is 8.22. The fourth-order valence-corrected chi connectivity index (χ4v) is 2.63. The third kappa shape index (κ3) is 4.20. The summed E-state index contributed by atoms with van der Waals surface area (Å²) in [7, 11) is 0. The summed E-state index contributed by atoms with van der Waals surface area (Å²) in [4.78, 5) is 0. The minimum Gasteiger partial charge on any atom is -0.332 e. The van der Waals surface area contributed by atoms with Crippen molar-refractivity contribution in [3.63, 3.8) is 0 Å². The highest BCUT2D eigenvalue weighted by Crippen LogP contribution is 2.15. The lowest BCUT2D eigenvalue weighted by Gasteiger charge is -2.10. The molecule has 3 rings (SSSR count). The molecular formula is C19H20N4S. The third-order valence-corrected chi connectivity index (χ3v) is 4.05. The lowest BCUT2D eigenvalue weighted by Crippen LogP contribution is -2.18. The first kappa shape index (κ1) is 16.2. The highest BCUT2D eigenvalue weighted by molar-refractivity contribution is 7.80. The predicted molar refractivity (Wildman–Crippen MR) is 104 cm³/mol. The van der Waals surface area contributed by atoms with Gasteiger partial charge in [0.25, 0.3) is 0 Å². The fourth-order valence-electron chi connectivity index (χ4n) is 2.40. The van der Waals surface area contributed by atoms with E-state index in [1.54, 1.807) is 6.20 Å². The minimum atomic E-state index is 0.553. The van der Waals surface area contributed by atoms with Crippen LogP contribution in [0.15, 0.2) is 60.9 Å². The van der Waals surface area contributed by atoms with Gasteiger partial charge in [0.2, 0.25) is 0 Å². The Bertz CT molecular complexity index is 840. The second kappa shape index (κ2) is 7.27. The molecule has 1 aromatic heterocycles. The summed E-state index contributed by atoms with van der Waals surface area (Å²) in [6.45, 7) is 4.92. The SMILES string of the molecule is Cc1ccc(NC(=S)Nc2cnn(Cc3ccccc3)c2)cc1C. The van der Waals surface area contributed by atoms with E-state index in [0.717, 1.165) is 17.9 Å². The van der Waals surface area contributed by atoms with Crippen molar-refractivity contribution >= 4 is 28.7 Å². The fraction of sp³-hybridized carbons (Fsp3) is 0.158. The van der Waals surface area contributed by atoms with Crippen molar-refractivity contribution in [3.05, 3.63) is 77.6 Å². The maximum atomic E-state index is 5.37. The van der Waals surface area contributed by atoms with E-state index in [1.165, 1.54) is 16.7 Å². The van der Waals surface area contributed by atoms with Gasteiger partial charge in [0, 0.05) is 11.9 Å². The third-order valence-electron chi connectivity index (χ3n) is 3.84. The zero-order chi connectivity index (χ0) is 16.9. The molecule has 3 aromatic rings. The van der Waals surface area contributed by atoms with Crippen LogP contribution in [0.25, 0.3) is 0 Å². The van der Waals surface area contributed by atoms with Gasteiger partial charge in [0.05, 0.1) is 18.4 Å². The van der Waals surface area contributed by atoms with Crippen LogP contribution in [0.3, 0.4) is 0 Å². The monoisotopic (exact) mass is 336 g/mol. The van der Waals surface area contributed by atoms with E-state index in [9.17, 15) is 0 Å². The van der Waals surface area contributed by atoms with Crippen molar-refractivity contribution < 1.29 is 0 Å². The molecule has 0 saturated carbocycles. The molecule has 24 heavy (non-hydrogen) atoms. The van der Waals surface area contributed by atoms with E-state index in [0.29, 0.717) is 5.11 Å². The van der Waals surface area contributed by atoms with Crippen molar-refractivity contribution in [2.75, 3.05) is 10.6 Å². The van der Waals surface area contributed by atoms with Gasteiger partial charge in [-0.25, -0.2) is 0 Å². The number of benzene rings is 2. The zero-order valence-electron chi connectivity index (χ0n) is 13.8. The number of nitrogens with zero attached hydrogens (tertiary/aromatic N) is 2. The number of hydrogen-bond donors (Lipinski definition) is 2.